The third-order valence-electron chi connectivity index (χ3n) is 5.13. The summed E-state index contributed by atoms with van der Waals surface area (Å²) in [7, 11) is -3.58. The quantitative estimate of drug-likeness (QED) is 0.432. The highest BCUT2D eigenvalue weighted by atomic mass is 35.5. The molecule has 31 heavy (non-hydrogen) atoms. The van der Waals surface area contributed by atoms with Gasteiger partial charge in [-0.25, -0.2) is 17.7 Å². The minimum absolute atomic E-state index is 0.309. The zero-order chi connectivity index (χ0) is 22.3. The molecule has 0 aliphatic heterocycles. The maximum Gasteiger partial charge on any atom is 0.241 e. The molecule has 2 heterocycles. The topological polar surface area (TPSA) is 76.4 Å². The number of benzene rings is 2. The largest absolute Gasteiger partial charge is 0.241 e. The molecule has 0 spiro atoms. The van der Waals surface area contributed by atoms with Gasteiger partial charge in [0.1, 0.15) is 0 Å². The van der Waals surface area contributed by atoms with Crippen LogP contribution >= 0.6 is 22.9 Å². The van der Waals surface area contributed by atoms with E-state index in [2.05, 4.69) is 14.8 Å². The van der Waals surface area contributed by atoms with Crippen LogP contribution in [0.3, 0.4) is 0 Å². The summed E-state index contributed by atoms with van der Waals surface area (Å²) in [4.78, 5) is 6.82. The molecule has 0 atom stereocenters. The van der Waals surface area contributed by atoms with Gasteiger partial charge >= 0.3 is 0 Å². The predicted molar refractivity (Wildman–Crippen MR) is 126 cm³/mol. The van der Waals surface area contributed by atoms with Gasteiger partial charge in [0.15, 0.2) is 5.82 Å². The summed E-state index contributed by atoms with van der Waals surface area (Å²) in [6, 6.07) is 11.2. The summed E-state index contributed by atoms with van der Waals surface area (Å²) in [5.41, 5.74) is 4.44. The van der Waals surface area contributed by atoms with Gasteiger partial charge < -0.3 is 0 Å². The van der Waals surface area contributed by atoms with Crippen molar-refractivity contribution >= 4 is 37.9 Å². The number of aryl methyl sites for hydroxylation is 4. The molecule has 4 rings (SSSR count). The summed E-state index contributed by atoms with van der Waals surface area (Å²) >= 11 is 7.48. The number of aromatic nitrogens is 3. The molecule has 6 nitrogen and oxygen atoms in total. The molecule has 0 saturated carbocycles. The zero-order valence-electron chi connectivity index (χ0n) is 17.7. The van der Waals surface area contributed by atoms with E-state index in [9.17, 15) is 8.42 Å². The maximum atomic E-state index is 12.9. The number of nitrogens with one attached hydrogen (secondary N) is 1. The van der Waals surface area contributed by atoms with Crippen LogP contribution in [0, 0.1) is 27.7 Å². The first kappa shape index (κ1) is 22.0. The lowest BCUT2D eigenvalue weighted by molar-refractivity contribution is 0.580. The smallest absolute Gasteiger partial charge is 0.211 e. The lowest BCUT2D eigenvalue weighted by atomic mass is 10.1. The fourth-order valence-electron chi connectivity index (χ4n) is 3.80. The molecule has 4 aromatic rings. The highest BCUT2D eigenvalue weighted by Gasteiger charge is 2.20. The molecule has 0 radical (unpaired) electrons. The second-order valence-corrected chi connectivity index (χ2v) is 10.8. The second kappa shape index (κ2) is 8.35. The van der Waals surface area contributed by atoms with Gasteiger partial charge in [0.2, 0.25) is 15.0 Å². The summed E-state index contributed by atoms with van der Waals surface area (Å²) in [6.45, 7) is 7.91. The van der Waals surface area contributed by atoms with E-state index in [-0.39, 0.29) is 0 Å². The molecule has 0 fully saturated rings. The van der Waals surface area contributed by atoms with Crippen molar-refractivity contribution in [3.63, 3.8) is 0 Å². The Kier molecular flexibility index (Phi) is 5.91. The van der Waals surface area contributed by atoms with E-state index in [4.69, 9.17) is 11.6 Å². The van der Waals surface area contributed by atoms with Crippen LogP contribution in [0.1, 0.15) is 27.3 Å². The number of sulfonamides is 1. The van der Waals surface area contributed by atoms with E-state index >= 15 is 0 Å². The molecule has 0 aliphatic carbocycles. The Morgan fingerprint density at radius 1 is 1.06 bits per heavy atom. The number of fused-ring (bicyclic) bond motifs is 1. The van der Waals surface area contributed by atoms with Crippen LogP contribution in [0.25, 0.3) is 16.3 Å². The highest BCUT2D eigenvalue weighted by molar-refractivity contribution is 7.89. The fraction of sp³-hybridized carbons (Fsp3) is 0.273. The first-order chi connectivity index (χ1) is 14.7. The van der Waals surface area contributed by atoms with Crippen molar-refractivity contribution < 1.29 is 8.42 Å². The Labute approximate surface area is 191 Å². The van der Waals surface area contributed by atoms with Crippen LogP contribution in [-0.4, -0.2) is 29.6 Å². The molecule has 9 heteroatoms. The standard InChI is InChI=1S/C22H23ClN4O2S2/c1-13-11-14(2)20(15(3)12-13)31(28,29)24-10-9-19-16(4)27-22(30-19)25-21(26-27)17-5-7-18(23)8-6-17/h5-8,11-12,24H,9-10H2,1-4H3. The minimum atomic E-state index is -3.58. The number of halogens is 1. The lowest BCUT2D eigenvalue weighted by Gasteiger charge is -2.13. The molecule has 1 N–H and O–H groups in total. The Morgan fingerprint density at radius 2 is 1.71 bits per heavy atom. The second-order valence-electron chi connectivity index (χ2n) is 7.62. The summed E-state index contributed by atoms with van der Waals surface area (Å²) in [6.07, 6.45) is 0.570. The van der Waals surface area contributed by atoms with Crippen molar-refractivity contribution in [1.82, 2.24) is 19.3 Å². The van der Waals surface area contributed by atoms with Gasteiger partial charge in [-0.2, -0.15) is 4.98 Å². The van der Waals surface area contributed by atoms with Gasteiger partial charge in [-0.05, 0) is 69.5 Å². The number of nitrogens with zero attached hydrogens (tertiary/aromatic N) is 3. The van der Waals surface area contributed by atoms with Crippen LogP contribution in [0.5, 0.6) is 0 Å². The highest BCUT2D eigenvalue weighted by Crippen LogP contribution is 2.26. The SMILES string of the molecule is Cc1cc(C)c(S(=O)(=O)NCCc2sc3nc(-c4ccc(Cl)cc4)nn3c2C)c(C)c1. The van der Waals surface area contributed by atoms with Gasteiger partial charge in [-0.15, -0.1) is 5.10 Å². The Hall–Kier alpha value is -2.26. The Bertz CT molecular complexity index is 1350. The van der Waals surface area contributed by atoms with Gasteiger partial charge in [0.25, 0.3) is 0 Å². The van der Waals surface area contributed by atoms with Crippen molar-refractivity contribution in [2.75, 3.05) is 6.54 Å². The first-order valence-electron chi connectivity index (χ1n) is 9.84. The number of thiazole rings is 1. The van der Waals surface area contributed by atoms with Gasteiger partial charge in [-0.3, -0.25) is 0 Å². The van der Waals surface area contributed by atoms with Crippen LogP contribution in [0.15, 0.2) is 41.3 Å². The first-order valence-corrected chi connectivity index (χ1v) is 12.5. The lowest BCUT2D eigenvalue weighted by Crippen LogP contribution is -2.27. The molecule has 0 amide bonds. The van der Waals surface area contributed by atoms with Crippen molar-refractivity contribution in [2.24, 2.45) is 0 Å². The van der Waals surface area contributed by atoms with E-state index in [1.165, 1.54) is 11.3 Å². The van der Waals surface area contributed by atoms with Crippen molar-refractivity contribution in [1.29, 1.82) is 0 Å². The average Bonchev–Trinajstić information content (AvgIpc) is 3.21. The molecular weight excluding hydrogens is 452 g/mol. The summed E-state index contributed by atoms with van der Waals surface area (Å²) < 4.78 is 30.3. The van der Waals surface area contributed by atoms with Gasteiger partial charge in [-0.1, -0.05) is 40.6 Å². The minimum Gasteiger partial charge on any atom is -0.211 e. The molecule has 0 bridgehead atoms. The Morgan fingerprint density at radius 3 is 2.32 bits per heavy atom. The van der Waals surface area contributed by atoms with Crippen molar-refractivity contribution in [2.45, 2.75) is 39.0 Å². The van der Waals surface area contributed by atoms with Crippen LogP contribution in [0.4, 0.5) is 0 Å². The van der Waals surface area contributed by atoms with E-state index in [1.807, 2.05) is 68.6 Å². The maximum absolute atomic E-state index is 12.9. The molecule has 2 aromatic heterocycles. The van der Waals surface area contributed by atoms with Crippen molar-refractivity contribution in [3.05, 3.63) is 68.7 Å². The van der Waals surface area contributed by atoms with Gasteiger partial charge in [0, 0.05) is 22.0 Å². The zero-order valence-corrected chi connectivity index (χ0v) is 20.1. The van der Waals surface area contributed by atoms with E-state index in [1.54, 1.807) is 0 Å². The number of hydrogen-bond donors (Lipinski definition) is 1. The Balaban J connectivity index is 1.50. The molecule has 2 aromatic carbocycles. The molecule has 0 unspecified atom stereocenters. The molecule has 162 valence electrons. The van der Waals surface area contributed by atoms with E-state index in [0.29, 0.717) is 28.7 Å². The van der Waals surface area contributed by atoms with E-state index in [0.717, 1.165) is 37.8 Å². The predicted octanol–water partition coefficient (Wildman–Crippen LogP) is 4.87. The molecular formula is C22H23ClN4O2S2. The normalized spacial score (nSPS) is 12.0. The average molecular weight is 475 g/mol. The van der Waals surface area contributed by atoms with Crippen molar-refractivity contribution in [3.8, 4) is 11.4 Å². The van der Waals surface area contributed by atoms with Crippen LogP contribution < -0.4 is 4.72 Å². The third kappa shape index (κ3) is 4.39. The fourth-order valence-corrected chi connectivity index (χ4v) is 6.46. The summed E-state index contributed by atoms with van der Waals surface area (Å²) in [5.74, 6) is 0.642. The molecule has 0 saturated heterocycles. The summed E-state index contributed by atoms with van der Waals surface area (Å²) in [5, 5.41) is 5.27. The molecule has 0 aliphatic rings. The van der Waals surface area contributed by atoms with Crippen LogP contribution in [0.2, 0.25) is 5.02 Å². The monoisotopic (exact) mass is 474 g/mol. The van der Waals surface area contributed by atoms with Gasteiger partial charge in [0.05, 0.1) is 10.6 Å². The van der Waals surface area contributed by atoms with Crippen LogP contribution in [-0.2, 0) is 16.4 Å². The van der Waals surface area contributed by atoms with E-state index < -0.39 is 10.0 Å². The number of hydrogen-bond acceptors (Lipinski definition) is 5. The number of rotatable bonds is 6. The third-order valence-corrected chi connectivity index (χ3v) is 8.34.